The molecule has 32 heavy (non-hydrogen) atoms. The maximum absolute atomic E-state index is 14.1. The number of aromatic nitrogens is 3. The van der Waals surface area contributed by atoms with Gasteiger partial charge < -0.3 is 10.1 Å². The van der Waals surface area contributed by atoms with E-state index in [-0.39, 0.29) is 18.3 Å². The van der Waals surface area contributed by atoms with Gasteiger partial charge in [0.05, 0.1) is 18.1 Å². The van der Waals surface area contributed by atoms with Gasteiger partial charge in [-0.15, -0.1) is 0 Å². The molecule has 0 bridgehead atoms. The summed E-state index contributed by atoms with van der Waals surface area (Å²) in [7, 11) is 1.57. The molecule has 1 amide bonds. The smallest absolute Gasteiger partial charge is 0.246 e. The maximum Gasteiger partial charge on any atom is 0.246 e. The van der Waals surface area contributed by atoms with E-state index < -0.39 is 0 Å². The Bertz CT molecular complexity index is 1450. The van der Waals surface area contributed by atoms with E-state index in [4.69, 9.17) is 9.84 Å². The third kappa shape index (κ3) is 3.65. The van der Waals surface area contributed by atoms with Crippen LogP contribution in [-0.4, -0.2) is 27.8 Å². The number of halogens is 1. The first-order valence-corrected chi connectivity index (χ1v) is 10.1. The van der Waals surface area contributed by atoms with Gasteiger partial charge in [-0.05, 0) is 30.3 Å². The van der Waals surface area contributed by atoms with Crippen molar-refractivity contribution < 1.29 is 13.9 Å². The number of nitrogens with one attached hydrogen (secondary N) is 1. The van der Waals surface area contributed by atoms with Gasteiger partial charge in [0, 0.05) is 34.3 Å². The number of hydrogen-bond donors (Lipinski definition) is 1. The fraction of sp³-hybridized carbons (Fsp3) is 0.0800. The summed E-state index contributed by atoms with van der Waals surface area (Å²) in [5.41, 5.74) is 3.49. The summed E-state index contributed by atoms with van der Waals surface area (Å²) in [6, 6.07) is 21.2. The number of anilines is 1. The van der Waals surface area contributed by atoms with E-state index >= 15 is 0 Å². The van der Waals surface area contributed by atoms with E-state index in [9.17, 15) is 9.18 Å². The number of fused-ring (bicyclic) bond motifs is 3. The predicted molar refractivity (Wildman–Crippen MR) is 122 cm³/mol. The second kappa shape index (κ2) is 8.11. The van der Waals surface area contributed by atoms with Gasteiger partial charge in [-0.3, -0.25) is 14.5 Å². The molecule has 5 aromatic rings. The Morgan fingerprint density at radius 1 is 1.03 bits per heavy atom. The van der Waals surface area contributed by atoms with Crippen LogP contribution in [0.25, 0.3) is 33.1 Å². The molecule has 5 rings (SSSR count). The highest BCUT2D eigenvalue weighted by Crippen LogP contribution is 2.32. The SMILES string of the molecule is COc1cccc(NC(=O)Cn2nc(-c3ccccc3)c3cnc4ccc(F)cc4c32)c1. The van der Waals surface area contributed by atoms with Crippen molar-refractivity contribution in [2.75, 3.05) is 12.4 Å². The molecule has 6 nitrogen and oxygen atoms in total. The first kappa shape index (κ1) is 19.7. The molecule has 0 atom stereocenters. The summed E-state index contributed by atoms with van der Waals surface area (Å²) in [4.78, 5) is 17.4. The average Bonchev–Trinajstić information content (AvgIpc) is 3.18. The van der Waals surface area contributed by atoms with Crippen molar-refractivity contribution in [1.82, 2.24) is 14.8 Å². The molecule has 0 saturated heterocycles. The van der Waals surface area contributed by atoms with Gasteiger partial charge in [0.2, 0.25) is 5.91 Å². The molecule has 2 aromatic heterocycles. The van der Waals surface area contributed by atoms with Crippen LogP contribution in [0, 0.1) is 5.82 Å². The molecule has 0 spiro atoms. The van der Waals surface area contributed by atoms with E-state index in [2.05, 4.69) is 10.3 Å². The second-order valence-corrected chi connectivity index (χ2v) is 7.33. The van der Waals surface area contributed by atoms with Gasteiger partial charge in [-0.25, -0.2) is 4.39 Å². The highest BCUT2D eigenvalue weighted by atomic mass is 19.1. The van der Waals surface area contributed by atoms with Crippen LogP contribution < -0.4 is 10.1 Å². The van der Waals surface area contributed by atoms with Gasteiger partial charge >= 0.3 is 0 Å². The predicted octanol–water partition coefficient (Wildman–Crippen LogP) is 5.04. The monoisotopic (exact) mass is 426 g/mol. The van der Waals surface area contributed by atoms with Crippen molar-refractivity contribution in [3.8, 4) is 17.0 Å². The third-order valence-corrected chi connectivity index (χ3v) is 5.23. The highest BCUT2D eigenvalue weighted by Gasteiger charge is 2.18. The van der Waals surface area contributed by atoms with E-state index in [0.29, 0.717) is 33.6 Å². The molecule has 2 heterocycles. The molecule has 0 fully saturated rings. The normalized spacial score (nSPS) is 11.1. The third-order valence-electron chi connectivity index (χ3n) is 5.23. The first-order valence-electron chi connectivity index (χ1n) is 10.1. The number of nitrogens with zero attached hydrogens (tertiary/aromatic N) is 3. The summed E-state index contributed by atoms with van der Waals surface area (Å²) in [6.07, 6.45) is 1.72. The fourth-order valence-corrected chi connectivity index (χ4v) is 3.79. The van der Waals surface area contributed by atoms with Crippen LogP contribution in [-0.2, 0) is 11.3 Å². The Morgan fingerprint density at radius 3 is 2.69 bits per heavy atom. The molecule has 0 saturated carbocycles. The lowest BCUT2D eigenvalue weighted by Crippen LogP contribution is -2.19. The first-order chi connectivity index (χ1) is 15.6. The Kier molecular flexibility index (Phi) is 4.99. The van der Waals surface area contributed by atoms with Crippen LogP contribution >= 0.6 is 0 Å². The van der Waals surface area contributed by atoms with Crippen LogP contribution in [0.2, 0.25) is 0 Å². The Hall–Kier alpha value is -4.26. The molecule has 7 heteroatoms. The van der Waals surface area contributed by atoms with Gasteiger partial charge in [-0.1, -0.05) is 36.4 Å². The standard InChI is InChI=1S/C25H19FN4O2/c1-32-19-9-5-8-18(13-19)28-23(31)15-30-25-20-12-17(26)10-11-22(20)27-14-21(25)24(29-30)16-6-3-2-4-7-16/h2-14H,15H2,1H3,(H,28,31). The van der Waals surface area contributed by atoms with Crippen molar-refractivity contribution in [1.29, 1.82) is 0 Å². The second-order valence-electron chi connectivity index (χ2n) is 7.33. The number of carbonyl (C=O) groups is 1. The number of pyridine rings is 1. The number of methoxy groups -OCH3 is 1. The van der Waals surface area contributed by atoms with E-state index in [0.717, 1.165) is 10.9 Å². The van der Waals surface area contributed by atoms with Gasteiger partial charge in [0.15, 0.2) is 0 Å². The van der Waals surface area contributed by atoms with Crippen LogP contribution in [0.1, 0.15) is 0 Å². The zero-order chi connectivity index (χ0) is 22.1. The Morgan fingerprint density at radius 2 is 1.88 bits per heavy atom. The number of amides is 1. The summed E-state index contributed by atoms with van der Waals surface area (Å²) >= 11 is 0. The minimum atomic E-state index is -0.373. The van der Waals surface area contributed by atoms with Crippen LogP contribution in [0.3, 0.4) is 0 Å². The average molecular weight is 426 g/mol. The summed E-state index contributed by atoms with van der Waals surface area (Å²) in [5, 5.41) is 8.95. The minimum Gasteiger partial charge on any atom is -0.497 e. The van der Waals surface area contributed by atoms with Crippen molar-refractivity contribution in [3.05, 3.63) is 84.8 Å². The molecule has 0 aliphatic heterocycles. The number of ether oxygens (including phenoxy) is 1. The zero-order valence-corrected chi connectivity index (χ0v) is 17.2. The van der Waals surface area contributed by atoms with E-state index in [1.807, 2.05) is 30.3 Å². The summed E-state index contributed by atoms with van der Waals surface area (Å²) in [5.74, 6) is 0.0107. The Labute approximate surface area is 183 Å². The van der Waals surface area contributed by atoms with E-state index in [1.54, 1.807) is 48.3 Å². The number of rotatable bonds is 5. The van der Waals surface area contributed by atoms with Gasteiger partial charge in [0.25, 0.3) is 0 Å². The fourth-order valence-electron chi connectivity index (χ4n) is 3.79. The maximum atomic E-state index is 14.1. The zero-order valence-electron chi connectivity index (χ0n) is 17.2. The molecule has 0 aliphatic rings. The highest BCUT2D eigenvalue weighted by molar-refractivity contribution is 6.08. The summed E-state index contributed by atoms with van der Waals surface area (Å²) < 4.78 is 20.9. The molecule has 0 radical (unpaired) electrons. The van der Waals surface area contributed by atoms with Crippen molar-refractivity contribution in [2.24, 2.45) is 0 Å². The molecular weight excluding hydrogens is 407 g/mol. The minimum absolute atomic E-state index is 0.0455. The lowest BCUT2D eigenvalue weighted by atomic mass is 10.1. The molecular formula is C25H19FN4O2. The molecule has 0 aliphatic carbocycles. The van der Waals surface area contributed by atoms with Crippen LogP contribution in [0.15, 0.2) is 79.0 Å². The van der Waals surface area contributed by atoms with E-state index in [1.165, 1.54) is 12.1 Å². The molecule has 3 aromatic carbocycles. The largest absolute Gasteiger partial charge is 0.497 e. The van der Waals surface area contributed by atoms with Crippen LogP contribution in [0.4, 0.5) is 10.1 Å². The molecule has 0 unspecified atom stereocenters. The summed E-state index contributed by atoms with van der Waals surface area (Å²) in [6.45, 7) is -0.0455. The molecule has 158 valence electrons. The molecule has 1 N–H and O–H groups in total. The lowest BCUT2D eigenvalue weighted by molar-refractivity contribution is -0.116. The van der Waals surface area contributed by atoms with Gasteiger partial charge in [0.1, 0.15) is 23.8 Å². The topological polar surface area (TPSA) is 69.0 Å². The number of hydrogen-bond acceptors (Lipinski definition) is 4. The quantitative estimate of drug-likeness (QED) is 0.428. The van der Waals surface area contributed by atoms with Gasteiger partial charge in [-0.2, -0.15) is 5.10 Å². The number of carbonyl (C=O) groups excluding carboxylic acids is 1. The van der Waals surface area contributed by atoms with Crippen molar-refractivity contribution in [2.45, 2.75) is 6.54 Å². The lowest BCUT2D eigenvalue weighted by Gasteiger charge is -2.09. The van der Waals surface area contributed by atoms with Crippen molar-refractivity contribution >= 4 is 33.4 Å². The van der Waals surface area contributed by atoms with Crippen LogP contribution in [0.5, 0.6) is 5.75 Å². The Balaban J connectivity index is 1.61. The number of benzene rings is 3. The van der Waals surface area contributed by atoms with Crippen molar-refractivity contribution in [3.63, 3.8) is 0 Å².